The minimum absolute atomic E-state index is 0.0000578. The number of aliphatic imine (C=N–C) groups is 1. The number of ether oxygens (including phenoxy) is 1. The number of hydrogen-bond acceptors (Lipinski definition) is 9. The van der Waals surface area contributed by atoms with Crippen LogP contribution in [0.3, 0.4) is 0 Å². The number of nitrogen functional groups attached to an aromatic ring is 1. The number of allylic oxidation sites excluding steroid dienone is 3. The summed E-state index contributed by atoms with van der Waals surface area (Å²) in [5.41, 5.74) is 10.3. The first kappa shape index (κ1) is 37.8. The molecule has 1 aromatic carbocycles. The van der Waals surface area contributed by atoms with E-state index in [1.807, 2.05) is 38.6 Å². The molecule has 8 nitrogen and oxygen atoms in total. The van der Waals surface area contributed by atoms with Crippen LogP contribution in [0.2, 0.25) is 0 Å². The predicted molar refractivity (Wildman–Crippen MR) is 195 cm³/mol. The first-order valence-corrected chi connectivity index (χ1v) is 18.0. The number of benzene rings is 1. The van der Waals surface area contributed by atoms with E-state index >= 15 is 0 Å². The van der Waals surface area contributed by atoms with E-state index in [0.717, 1.165) is 54.0 Å². The summed E-state index contributed by atoms with van der Waals surface area (Å²) in [5, 5.41) is 0. The molecule has 2 unspecified atom stereocenters. The molecule has 10 heteroatoms. The van der Waals surface area contributed by atoms with Crippen LogP contribution in [0.15, 0.2) is 62.4 Å². The summed E-state index contributed by atoms with van der Waals surface area (Å²) in [6.45, 7) is 18.0. The highest BCUT2D eigenvalue weighted by Crippen LogP contribution is 2.37. The Morgan fingerprint density at radius 1 is 1.11 bits per heavy atom. The molecule has 2 heterocycles. The van der Waals surface area contributed by atoms with Gasteiger partial charge >= 0.3 is 0 Å². The number of anilines is 1. The maximum Gasteiger partial charge on any atom is 0.186 e. The van der Waals surface area contributed by atoms with Crippen LogP contribution < -0.4 is 5.73 Å². The number of halogens is 1. The molecule has 0 bridgehead atoms. The number of nitrogens with zero attached hydrogens (tertiary/aromatic N) is 4. The Bertz CT molecular complexity index is 1470. The lowest BCUT2D eigenvalue weighted by Gasteiger charge is -2.36. The summed E-state index contributed by atoms with van der Waals surface area (Å²) in [6, 6.07) is 8.38. The molecule has 1 aliphatic heterocycles. The van der Waals surface area contributed by atoms with Crippen molar-refractivity contribution in [3.63, 3.8) is 0 Å². The van der Waals surface area contributed by atoms with E-state index < -0.39 is 5.41 Å². The van der Waals surface area contributed by atoms with Crippen molar-refractivity contribution in [2.24, 2.45) is 10.4 Å². The lowest BCUT2D eigenvalue weighted by atomic mass is 9.72. The fourth-order valence-corrected chi connectivity index (χ4v) is 7.41. The molecule has 1 saturated heterocycles. The van der Waals surface area contributed by atoms with Gasteiger partial charge in [-0.05, 0) is 71.6 Å². The average Bonchev–Trinajstić information content (AvgIpc) is 3.42. The van der Waals surface area contributed by atoms with Crippen molar-refractivity contribution < 1.29 is 14.3 Å². The molecule has 1 aliphatic carbocycles. The van der Waals surface area contributed by atoms with E-state index in [2.05, 4.69) is 74.8 Å². The summed E-state index contributed by atoms with van der Waals surface area (Å²) >= 11 is 5.53. The summed E-state index contributed by atoms with van der Waals surface area (Å²) in [6.07, 6.45) is 7.17. The molecule has 4 rings (SSSR count). The number of Topliss-reactive ketones (excluding diaryl/α,β-unsaturated/α-hetero) is 2. The largest absolute Gasteiger partial charge is 0.382 e. The van der Waals surface area contributed by atoms with Crippen molar-refractivity contribution in [1.82, 2.24) is 14.9 Å². The Morgan fingerprint density at radius 3 is 2.46 bits per heavy atom. The van der Waals surface area contributed by atoms with Crippen molar-refractivity contribution in [3.8, 4) is 0 Å². The van der Waals surface area contributed by atoms with Crippen LogP contribution in [-0.4, -0.2) is 69.5 Å². The van der Waals surface area contributed by atoms with Crippen LogP contribution in [0.25, 0.3) is 0 Å². The first-order chi connectivity index (χ1) is 21.7. The van der Waals surface area contributed by atoms with Gasteiger partial charge in [-0.15, -0.1) is 0 Å². The maximum atomic E-state index is 13.2. The topological polar surface area (TPSA) is 111 Å². The van der Waals surface area contributed by atoms with Crippen molar-refractivity contribution in [2.45, 2.75) is 93.4 Å². The third-order valence-corrected chi connectivity index (χ3v) is 9.96. The second-order valence-corrected chi connectivity index (χ2v) is 14.8. The number of aryl methyl sites for hydroxylation is 1. The van der Waals surface area contributed by atoms with Gasteiger partial charge in [0.2, 0.25) is 0 Å². The molecule has 2 N–H and O–H groups in total. The zero-order valence-corrected chi connectivity index (χ0v) is 31.1. The summed E-state index contributed by atoms with van der Waals surface area (Å²) in [7, 11) is 0. The minimum atomic E-state index is -0.445. The SMILES string of the molecule is CC1=C(C)C(=O)C(C(C)(C)CN(CCSCC2CCC(C)O2)Cc2cccc(Br)c2)=C(C)C1=O.CCC=Nc1c(C)ncnc1N. The molecule has 250 valence electrons. The maximum absolute atomic E-state index is 13.2. The van der Waals surface area contributed by atoms with E-state index in [9.17, 15) is 9.59 Å². The van der Waals surface area contributed by atoms with Crippen LogP contribution >= 0.6 is 27.7 Å². The van der Waals surface area contributed by atoms with E-state index in [0.29, 0.717) is 52.6 Å². The van der Waals surface area contributed by atoms with E-state index in [1.165, 1.54) is 11.9 Å². The highest BCUT2D eigenvalue weighted by Gasteiger charge is 2.38. The van der Waals surface area contributed by atoms with Gasteiger partial charge in [0, 0.05) is 69.5 Å². The second kappa shape index (κ2) is 17.5. The van der Waals surface area contributed by atoms with Crippen LogP contribution in [-0.2, 0) is 20.9 Å². The number of aromatic nitrogens is 2. The van der Waals surface area contributed by atoms with E-state index in [-0.39, 0.29) is 11.6 Å². The van der Waals surface area contributed by atoms with Gasteiger partial charge in [0.05, 0.1) is 17.9 Å². The summed E-state index contributed by atoms with van der Waals surface area (Å²) in [5.74, 6) is 2.48. The molecule has 1 fully saturated rings. The third kappa shape index (κ3) is 10.4. The molecule has 2 atom stereocenters. The van der Waals surface area contributed by atoms with Crippen molar-refractivity contribution in [2.75, 3.05) is 30.3 Å². The summed E-state index contributed by atoms with van der Waals surface area (Å²) < 4.78 is 7.03. The van der Waals surface area contributed by atoms with E-state index in [4.69, 9.17) is 10.5 Å². The fraction of sp³-hybridized carbons (Fsp3) is 0.528. The van der Waals surface area contributed by atoms with Crippen LogP contribution in [0.4, 0.5) is 11.5 Å². The zero-order valence-electron chi connectivity index (χ0n) is 28.7. The Kier molecular flexibility index (Phi) is 14.4. The van der Waals surface area contributed by atoms with Crippen molar-refractivity contribution in [3.05, 3.63) is 68.6 Å². The number of rotatable bonds is 12. The molecule has 0 spiro atoms. The lowest BCUT2D eigenvalue weighted by Crippen LogP contribution is -2.40. The Balaban J connectivity index is 0.000000402. The van der Waals surface area contributed by atoms with Gasteiger partial charge < -0.3 is 10.5 Å². The van der Waals surface area contributed by atoms with Gasteiger partial charge in [0.15, 0.2) is 17.4 Å². The number of ketones is 2. The Labute approximate surface area is 287 Å². The second-order valence-electron chi connectivity index (χ2n) is 12.8. The average molecular weight is 713 g/mol. The number of carbonyl (C=O) groups excluding carboxylic acids is 2. The molecule has 46 heavy (non-hydrogen) atoms. The summed E-state index contributed by atoms with van der Waals surface area (Å²) in [4.78, 5) is 40.5. The Morgan fingerprint density at radius 2 is 1.83 bits per heavy atom. The van der Waals surface area contributed by atoms with E-state index in [1.54, 1.807) is 20.1 Å². The molecule has 0 saturated carbocycles. The van der Waals surface area contributed by atoms with Gasteiger partial charge in [-0.3, -0.25) is 19.5 Å². The molecule has 0 amide bonds. The smallest absolute Gasteiger partial charge is 0.186 e. The monoisotopic (exact) mass is 711 g/mol. The van der Waals surface area contributed by atoms with Gasteiger partial charge in [0.1, 0.15) is 12.0 Å². The zero-order chi connectivity index (χ0) is 34.0. The molecular formula is C36H50BrN5O3S. The van der Waals surface area contributed by atoms with Crippen LogP contribution in [0.5, 0.6) is 0 Å². The highest BCUT2D eigenvalue weighted by atomic mass is 79.9. The van der Waals surface area contributed by atoms with Crippen LogP contribution in [0, 0.1) is 12.3 Å². The number of hydrogen-bond donors (Lipinski definition) is 1. The molecular weight excluding hydrogens is 662 g/mol. The standard InChI is InChI=1S/C28H38BrNO3S.C8H12N4/c1-18-10-11-24(33-18)16-34-13-12-30(15-22-8-7-9-23(29)14-22)17-28(5,6)25-21(4)26(31)19(2)20(3)27(25)32;1-3-4-10-7-6(2)11-5-12-8(7)9/h7-9,14,18,24H,10-13,15-17H2,1-6H3;4-5H,3H2,1-2H3,(H2,9,11,12). The Hall–Kier alpha value is -2.66. The number of nitrogens with two attached hydrogens (primary N) is 1. The van der Waals surface area contributed by atoms with Crippen molar-refractivity contribution in [1.29, 1.82) is 0 Å². The molecule has 1 aromatic heterocycles. The number of carbonyl (C=O) groups is 2. The molecule has 2 aliphatic rings. The first-order valence-electron chi connectivity index (χ1n) is 16.0. The lowest BCUT2D eigenvalue weighted by molar-refractivity contribution is -0.117. The van der Waals surface area contributed by atoms with Gasteiger partial charge in [0.25, 0.3) is 0 Å². The highest BCUT2D eigenvalue weighted by molar-refractivity contribution is 9.10. The normalized spacial score (nSPS) is 19.0. The van der Waals surface area contributed by atoms with Gasteiger partial charge in [-0.2, -0.15) is 11.8 Å². The van der Waals surface area contributed by atoms with Gasteiger partial charge in [-0.25, -0.2) is 9.97 Å². The minimum Gasteiger partial charge on any atom is -0.382 e. The third-order valence-electron chi connectivity index (χ3n) is 8.39. The predicted octanol–water partition coefficient (Wildman–Crippen LogP) is 7.86. The molecule has 0 radical (unpaired) electrons. The van der Waals surface area contributed by atoms with Crippen molar-refractivity contribution >= 4 is 57.0 Å². The van der Waals surface area contributed by atoms with Gasteiger partial charge in [-0.1, -0.05) is 48.8 Å². The van der Waals surface area contributed by atoms with Crippen LogP contribution in [0.1, 0.15) is 79.0 Å². The molecule has 2 aromatic rings. The quantitative estimate of drug-likeness (QED) is 0.135. The fourth-order valence-electron chi connectivity index (χ4n) is 5.90. The number of thioether (sulfide) groups is 1.